The molecule has 1 aliphatic heterocycles. The molecule has 0 amide bonds. The van der Waals surface area contributed by atoms with Crippen molar-refractivity contribution in [2.75, 3.05) is 39.3 Å². The van der Waals surface area contributed by atoms with E-state index in [1.807, 2.05) is 0 Å². The highest BCUT2D eigenvalue weighted by Gasteiger charge is 2.16. The number of benzene rings is 1. The van der Waals surface area contributed by atoms with Gasteiger partial charge in [-0.1, -0.05) is 6.07 Å². The van der Waals surface area contributed by atoms with Gasteiger partial charge in [-0.25, -0.2) is 4.39 Å². The molecule has 0 spiro atoms. The molecule has 0 aromatic heterocycles. The van der Waals surface area contributed by atoms with Crippen LogP contribution in [0.5, 0.6) is 0 Å². The van der Waals surface area contributed by atoms with Gasteiger partial charge in [0, 0.05) is 31.7 Å². The molecule has 1 heterocycles. The van der Waals surface area contributed by atoms with Crippen molar-refractivity contribution >= 4 is 5.84 Å². The van der Waals surface area contributed by atoms with Crippen LogP contribution in [0.15, 0.2) is 18.2 Å². The minimum absolute atomic E-state index is 0.0961. The Morgan fingerprint density at radius 3 is 2.67 bits per heavy atom. The van der Waals surface area contributed by atoms with E-state index in [0.717, 1.165) is 38.2 Å². The van der Waals surface area contributed by atoms with E-state index in [1.54, 1.807) is 6.07 Å². The van der Waals surface area contributed by atoms with Gasteiger partial charge in [0.2, 0.25) is 0 Å². The Balaban J connectivity index is 2.03. The van der Waals surface area contributed by atoms with Gasteiger partial charge in [-0.2, -0.15) is 0 Å². The summed E-state index contributed by atoms with van der Waals surface area (Å²) >= 11 is 0. The minimum atomic E-state index is -0.367. The number of aliphatic hydroxyl groups excluding tert-OH is 1. The highest BCUT2D eigenvalue weighted by atomic mass is 19.1. The van der Waals surface area contributed by atoms with Crippen molar-refractivity contribution in [1.29, 1.82) is 5.41 Å². The molecule has 1 aromatic carbocycles. The van der Waals surface area contributed by atoms with Gasteiger partial charge in [0.05, 0.1) is 6.61 Å². The van der Waals surface area contributed by atoms with Crippen molar-refractivity contribution in [3.8, 4) is 0 Å². The molecule has 1 fully saturated rings. The lowest BCUT2D eigenvalue weighted by Gasteiger charge is -2.22. The Labute approximate surface area is 124 Å². The summed E-state index contributed by atoms with van der Waals surface area (Å²) in [5, 5.41) is 16.6. The lowest BCUT2D eigenvalue weighted by atomic mass is 10.1. The van der Waals surface area contributed by atoms with E-state index in [2.05, 4.69) is 9.80 Å². The van der Waals surface area contributed by atoms with Crippen LogP contribution in [0.1, 0.15) is 17.5 Å². The molecule has 1 saturated heterocycles. The van der Waals surface area contributed by atoms with Gasteiger partial charge >= 0.3 is 0 Å². The van der Waals surface area contributed by atoms with Crippen molar-refractivity contribution in [1.82, 2.24) is 9.80 Å². The molecular weight excluding hydrogens is 271 g/mol. The Hall–Kier alpha value is -1.50. The molecule has 21 heavy (non-hydrogen) atoms. The maximum atomic E-state index is 13.3. The molecule has 0 saturated carbocycles. The number of β-amino-alcohol motifs (C(OH)–C–C–N with tert-alkyl or cyclic N) is 1. The third-order valence-corrected chi connectivity index (χ3v) is 3.85. The molecule has 6 heteroatoms. The van der Waals surface area contributed by atoms with E-state index < -0.39 is 0 Å². The Kier molecular flexibility index (Phi) is 5.67. The van der Waals surface area contributed by atoms with Gasteiger partial charge in [-0.3, -0.25) is 15.2 Å². The zero-order valence-electron chi connectivity index (χ0n) is 12.2. The summed E-state index contributed by atoms with van der Waals surface area (Å²) in [6, 6.07) is 4.45. The summed E-state index contributed by atoms with van der Waals surface area (Å²) in [5.41, 5.74) is 6.91. The van der Waals surface area contributed by atoms with Crippen molar-refractivity contribution < 1.29 is 9.50 Å². The number of aliphatic hydroxyl groups is 1. The van der Waals surface area contributed by atoms with Crippen molar-refractivity contribution in [2.24, 2.45) is 5.73 Å². The summed E-state index contributed by atoms with van der Waals surface area (Å²) in [6.07, 6.45) is 1.04. The number of nitrogens with two attached hydrogens (primary N) is 1. The first-order chi connectivity index (χ1) is 10.1. The number of nitrogens with zero attached hydrogens (tertiary/aromatic N) is 2. The van der Waals surface area contributed by atoms with Crippen LogP contribution in [0.3, 0.4) is 0 Å². The molecule has 0 atom stereocenters. The highest BCUT2D eigenvalue weighted by molar-refractivity contribution is 5.96. The first-order valence-electron chi connectivity index (χ1n) is 7.28. The summed E-state index contributed by atoms with van der Waals surface area (Å²) in [5.74, 6) is -0.463. The molecule has 0 unspecified atom stereocenters. The number of rotatable bonds is 5. The van der Waals surface area contributed by atoms with Crippen LogP contribution in [-0.4, -0.2) is 60.1 Å². The fourth-order valence-electron chi connectivity index (χ4n) is 2.73. The summed E-state index contributed by atoms with van der Waals surface area (Å²) < 4.78 is 13.3. The average Bonchev–Trinajstić information content (AvgIpc) is 2.67. The van der Waals surface area contributed by atoms with Gasteiger partial charge in [0.1, 0.15) is 11.7 Å². The highest BCUT2D eigenvalue weighted by Crippen LogP contribution is 2.15. The minimum Gasteiger partial charge on any atom is -0.395 e. The summed E-state index contributed by atoms with van der Waals surface area (Å²) in [6.45, 7) is 5.32. The normalized spacial score (nSPS) is 17.6. The predicted molar refractivity (Wildman–Crippen MR) is 80.8 cm³/mol. The lowest BCUT2D eigenvalue weighted by Crippen LogP contribution is -2.32. The van der Waals surface area contributed by atoms with Crippen LogP contribution in [0.2, 0.25) is 0 Å². The number of nitrogen functional groups attached to an aromatic ring is 1. The maximum Gasteiger partial charge on any atom is 0.123 e. The number of halogens is 1. The molecule has 116 valence electrons. The van der Waals surface area contributed by atoms with Gasteiger partial charge < -0.3 is 10.8 Å². The van der Waals surface area contributed by atoms with E-state index in [9.17, 15) is 4.39 Å². The zero-order valence-corrected chi connectivity index (χ0v) is 12.2. The van der Waals surface area contributed by atoms with E-state index in [1.165, 1.54) is 12.1 Å². The lowest BCUT2D eigenvalue weighted by molar-refractivity contribution is 0.196. The largest absolute Gasteiger partial charge is 0.395 e. The third kappa shape index (κ3) is 4.49. The fraction of sp³-hybridized carbons (Fsp3) is 0.533. The monoisotopic (exact) mass is 294 g/mol. The molecule has 5 nitrogen and oxygen atoms in total. The van der Waals surface area contributed by atoms with Crippen LogP contribution in [0, 0.1) is 11.2 Å². The smallest absolute Gasteiger partial charge is 0.123 e. The van der Waals surface area contributed by atoms with E-state index >= 15 is 0 Å². The van der Waals surface area contributed by atoms with Crippen LogP contribution in [-0.2, 0) is 6.54 Å². The van der Waals surface area contributed by atoms with Gasteiger partial charge in [-0.05, 0) is 37.2 Å². The van der Waals surface area contributed by atoms with E-state index in [-0.39, 0.29) is 18.3 Å². The first-order valence-corrected chi connectivity index (χ1v) is 7.28. The van der Waals surface area contributed by atoms with Crippen LogP contribution in [0.25, 0.3) is 0 Å². The van der Waals surface area contributed by atoms with Crippen molar-refractivity contribution in [3.63, 3.8) is 0 Å². The zero-order chi connectivity index (χ0) is 15.2. The van der Waals surface area contributed by atoms with Crippen LogP contribution < -0.4 is 5.73 Å². The fourth-order valence-corrected chi connectivity index (χ4v) is 2.73. The molecule has 1 aliphatic rings. The Morgan fingerprint density at radius 2 is 1.95 bits per heavy atom. The van der Waals surface area contributed by atoms with Crippen LogP contribution in [0.4, 0.5) is 4.39 Å². The molecule has 2 rings (SSSR count). The second kappa shape index (κ2) is 7.49. The quantitative estimate of drug-likeness (QED) is 0.549. The molecule has 0 radical (unpaired) electrons. The number of hydrogen-bond acceptors (Lipinski definition) is 4. The number of hydrogen-bond donors (Lipinski definition) is 3. The standard InChI is InChI=1S/C15H23FN4O/c16-13-3-2-12(14(10-13)15(17)18)11-20-5-1-4-19(6-7-20)8-9-21/h2-3,10,21H,1,4-9,11H2,(H3,17,18). The van der Waals surface area contributed by atoms with Crippen LogP contribution >= 0.6 is 0 Å². The van der Waals surface area contributed by atoms with Gasteiger partial charge in [0.25, 0.3) is 0 Å². The SMILES string of the molecule is N=C(N)c1cc(F)ccc1CN1CCCN(CCO)CC1. The van der Waals surface area contributed by atoms with E-state index in [0.29, 0.717) is 18.7 Å². The number of amidine groups is 1. The second-order valence-corrected chi connectivity index (χ2v) is 5.41. The maximum absolute atomic E-state index is 13.3. The van der Waals surface area contributed by atoms with Gasteiger partial charge in [0.15, 0.2) is 0 Å². The molecule has 0 aliphatic carbocycles. The second-order valence-electron chi connectivity index (χ2n) is 5.41. The first kappa shape index (κ1) is 15.9. The van der Waals surface area contributed by atoms with Gasteiger partial charge in [-0.15, -0.1) is 0 Å². The topological polar surface area (TPSA) is 76.6 Å². The van der Waals surface area contributed by atoms with Crippen molar-refractivity contribution in [2.45, 2.75) is 13.0 Å². The average molecular weight is 294 g/mol. The van der Waals surface area contributed by atoms with E-state index in [4.69, 9.17) is 16.2 Å². The summed E-state index contributed by atoms with van der Waals surface area (Å²) in [4.78, 5) is 4.54. The number of nitrogens with one attached hydrogen (secondary N) is 1. The Morgan fingerprint density at radius 1 is 1.24 bits per heavy atom. The molecule has 1 aromatic rings. The third-order valence-electron chi connectivity index (χ3n) is 3.85. The molecule has 4 N–H and O–H groups in total. The Bertz CT molecular complexity index is 495. The molecule has 0 bridgehead atoms. The summed E-state index contributed by atoms with van der Waals surface area (Å²) in [7, 11) is 0. The molecular formula is C15H23FN4O. The predicted octanol–water partition coefficient (Wildman–Crippen LogP) is 0.610. The van der Waals surface area contributed by atoms with Crippen molar-refractivity contribution in [3.05, 3.63) is 35.1 Å².